The molecule has 1 aromatic heterocycles. The molecule has 2 unspecified atom stereocenters. The van der Waals surface area contributed by atoms with Crippen LogP contribution in [0.5, 0.6) is 0 Å². The summed E-state index contributed by atoms with van der Waals surface area (Å²) in [6.07, 6.45) is -3.06. The Morgan fingerprint density at radius 3 is 2.89 bits per heavy atom. The van der Waals surface area contributed by atoms with Gasteiger partial charge in [0.25, 0.3) is 0 Å². The van der Waals surface area contributed by atoms with E-state index < -0.39 is 17.8 Å². The van der Waals surface area contributed by atoms with Gasteiger partial charge in [0.1, 0.15) is 6.54 Å². The summed E-state index contributed by atoms with van der Waals surface area (Å²) in [4.78, 5) is 11.4. The number of nitrogens with zero attached hydrogens (tertiary/aromatic N) is 2. The van der Waals surface area contributed by atoms with Crippen molar-refractivity contribution in [2.24, 2.45) is 5.92 Å². The van der Waals surface area contributed by atoms with Crippen molar-refractivity contribution in [1.29, 1.82) is 0 Å². The van der Waals surface area contributed by atoms with E-state index in [1.807, 2.05) is 0 Å². The van der Waals surface area contributed by atoms with Crippen molar-refractivity contribution in [3.8, 4) is 0 Å². The Balaban J connectivity index is 1.94. The first-order valence-corrected chi connectivity index (χ1v) is 6.24. The molecule has 0 saturated heterocycles. The zero-order valence-corrected chi connectivity index (χ0v) is 10.3. The molecule has 7 heteroatoms. The Labute approximate surface area is 107 Å². The zero-order chi connectivity index (χ0) is 13.8. The Morgan fingerprint density at radius 2 is 2.26 bits per heavy atom. The van der Waals surface area contributed by atoms with Gasteiger partial charge in [-0.15, -0.1) is 0 Å². The summed E-state index contributed by atoms with van der Waals surface area (Å²) in [5.74, 6) is -0.257. The van der Waals surface area contributed by atoms with Crippen LogP contribution in [0.3, 0.4) is 0 Å². The number of ether oxygens (including phenoxy) is 1. The quantitative estimate of drug-likeness (QED) is 0.793. The Bertz CT molecular complexity index is 536. The van der Waals surface area contributed by atoms with Crippen LogP contribution in [0.1, 0.15) is 36.2 Å². The molecule has 0 spiro atoms. The molecule has 0 aromatic carbocycles. The molecular formula is C12H13F3N2O2. The highest BCUT2D eigenvalue weighted by Crippen LogP contribution is 2.58. The van der Waals surface area contributed by atoms with Crippen LogP contribution < -0.4 is 0 Å². The van der Waals surface area contributed by atoms with Gasteiger partial charge >= 0.3 is 12.1 Å². The summed E-state index contributed by atoms with van der Waals surface area (Å²) in [6.45, 7) is 1.62. The highest BCUT2D eigenvalue weighted by molar-refractivity contribution is 5.69. The molecule has 0 amide bonds. The number of fused-ring (bicyclic) bond motifs is 3. The maximum Gasteiger partial charge on any atom is 0.435 e. The molecule has 0 radical (unpaired) electrons. The first-order chi connectivity index (χ1) is 8.91. The van der Waals surface area contributed by atoms with Crippen LogP contribution in [-0.4, -0.2) is 22.4 Å². The summed E-state index contributed by atoms with van der Waals surface area (Å²) < 4.78 is 44.8. The molecule has 2 aliphatic rings. The van der Waals surface area contributed by atoms with Crippen LogP contribution in [0.25, 0.3) is 0 Å². The molecular weight excluding hydrogens is 261 g/mol. The highest BCUT2D eigenvalue weighted by Gasteiger charge is 2.53. The fraction of sp³-hybridized carbons (Fsp3) is 0.667. The average molecular weight is 274 g/mol. The summed E-state index contributed by atoms with van der Waals surface area (Å²) >= 11 is 0. The normalized spacial score (nSPS) is 24.0. The first kappa shape index (κ1) is 12.5. The maximum absolute atomic E-state index is 12.9. The second kappa shape index (κ2) is 3.98. The molecule has 1 aromatic rings. The van der Waals surface area contributed by atoms with E-state index >= 15 is 0 Å². The number of alkyl halides is 3. The van der Waals surface area contributed by atoms with Crippen LogP contribution in [0.15, 0.2) is 0 Å². The van der Waals surface area contributed by atoms with Crippen molar-refractivity contribution in [2.75, 3.05) is 6.61 Å². The molecule has 1 heterocycles. The number of carbonyl (C=O) groups excluding carboxylic acids is 1. The van der Waals surface area contributed by atoms with E-state index in [0.717, 1.165) is 6.42 Å². The molecule has 4 nitrogen and oxygen atoms in total. The van der Waals surface area contributed by atoms with Gasteiger partial charge in [0, 0.05) is 11.3 Å². The van der Waals surface area contributed by atoms with Crippen molar-refractivity contribution in [3.63, 3.8) is 0 Å². The summed E-state index contributed by atoms with van der Waals surface area (Å²) in [5.41, 5.74) is 0.0419. The highest BCUT2D eigenvalue weighted by atomic mass is 19.4. The minimum absolute atomic E-state index is 0.0115. The van der Waals surface area contributed by atoms with E-state index in [1.54, 1.807) is 6.92 Å². The summed E-state index contributed by atoms with van der Waals surface area (Å²) in [6, 6.07) is 0. The van der Waals surface area contributed by atoms with Gasteiger partial charge < -0.3 is 4.74 Å². The summed E-state index contributed by atoms with van der Waals surface area (Å²) in [7, 11) is 0. The molecule has 1 saturated carbocycles. The Hall–Kier alpha value is -1.53. The van der Waals surface area contributed by atoms with E-state index in [-0.39, 0.29) is 19.1 Å². The first-order valence-electron chi connectivity index (χ1n) is 6.24. The number of hydrogen-bond donors (Lipinski definition) is 0. The van der Waals surface area contributed by atoms with E-state index in [2.05, 4.69) is 5.10 Å². The van der Waals surface area contributed by atoms with E-state index in [1.165, 1.54) is 4.68 Å². The molecule has 1 fully saturated rings. The number of hydrogen-bond acceptors (Lipinski definition) is 3. The van der Waals surface area contributed by atoms with Gasteiger partial charge in [0.2, 0.25) is 0 Å². The fourth-order valence-electron chi connectivity index (χ4n) is 2.86. The average Bonchev–Trinajstić information content (AvgIpc) is 2.80. The third-order valence-electron chi connectivity index (χ3n) is 3.70. The van der Waals surface area contributed by atoms with E-state index in [9.17, 15) is 18.0 Å². The van der Waals surface area contributed by atoms with Gasteiger partial charge in [0.05, 0.1) is 6.61 Å². The van der Waals surface area contributed by atoms with Crippen LogP contribution in [0, 0.1) is 5.92 Å². The second-order valence-electron chi connectivity index (χ2n) is 4.98. The topological polar surface area (TPSA) is 44.1 Å². The van der Waals surface area contributed by atoms with Gasteiger partial charge in [-0.05, 0) is 31.6 Å². The SMILES string of the molecule is CCOC(=O)Cn1nc(C(F)(F)F)c2c1CC1CC21. The van der Waals surface area contributed by atoms with Gasteiger partial charge in [-0.3, -0.25) is 9.48 Å². The third kappa shape index (κ3) is 2.01. The Morgan fingerprint density at radius 1 is 1.53 bits per heavy atom. The van der Waals surface area contributed by atoms with Gasteiger partial charge in [-0.1, -0.05) is 0 Å². The van der Waals surface area contributed by atoms with Crippen molar-refractivity contribution in [1.82, 2.24) is 9.78 Å². The number of esters is 1. The lowest BCUT2D eigenvalue weighted by molar-refractivity contribution is -0.146. The molecule has 0 aliphatic heterocycles. The molecule has 3 rings (SSSR count). The van der Waals surface area contributed by atoms with Crippen molar-refractivity contribution >= 4 is 5.97 Å². The van der Waals surface area contributed by atoms with Crippen LogP contribution >= 0.6 is 0 Å². The monoisotopic (exact) mass is 274 g/mol. The van der Waals surface area contributed by atoms with Crippen molar-refractivity contribution in [2.45, 2.75) is 38.4 Å². The minimum atomic E-state index is -4.46. The van der Waals surface area contributed by atoms with Crippen molar-refractivity contribution < 1.29 is 22.7 Å². The van der Waals surface area contributed by atoms with Gasteiger partial charge in [-0.25, -0.2) is 0 Å². The second-order valence-corrected chi connectivity index (χ2v) is 4.98. The molecule has 104 valence electrons. The molecule has 0 bridgehead atoms. The summed E-state index contributed by atoms with van der Waals surface area (Å²) in [5, 5.41) is 3.59. The molecule has 19 heavy (non-hydrogen) atoms. The lowest BCUT2D eigenvalue weighted by Gasteiger charge is -2.05. The lowest BCUT2D eigenvalue weighted by Crippen LogP contribution is -2.17. The van der Waals surface area contributed by atoms with Crippen molar-refractivity contribution in [3.05, 3.63) is 17.0 Å². The maximum atomic E-state index is 12.9. The molecule has 2 aliphatic carbocycles. The predicted molar refractivity (Wildman–Crippen MR) is 58.4 cm³/mol. The van der Waals surface area contributed by atoms with Gasteiger partial charge in [-0.2, -0.15) is 18.3 Å². The fourth-order valence-corrected chi connectivity index (χ4v) is 2.86. The number of rotatable bonds is 3. The predicted octanol–water partition coefficient (Wildman–Crippen LogP) is 2.12. The van der Waals surface area contributed by atoms with E-state index in [4.69, 9.17) is 4.74 Å². The standard InChI is InChI=1S/C12H13F3N2O2/c1-2-19-9(18)5-17-8-4-6-3-7(6)10(8)11(16-17)12(13,14)15/h6-7H,2-5H2,1H3. The van der Waals surface area contributed by atoms with Gasteiger partial charge in [0.15, 0.2) is 5.69 Å². The number of carbonyl (C=O) groups is 1. The number of aromatic nitrogens is 2. The smallest absolute Gasteiger partial charge is 0.435 e. The van der Waals surface area contributed by atoms with E-state index in [0.29, 0.717) is 23.6 Å². The van der Waals surface area contributed by atoms with Crippen LogP contribution in [0.2, 0.25) is 0 Å². The van der Waals surface area contributed by atoms with Crippen LogP contribution in [-0.2, 0) is 28.7 Å². The Kier molecular flexibility index (Phi) is 2.62. The lowest BCUT2D eigenvalue weighted by atomic mass is 10.1. The minimum Gasteiger partial charge on any atom is -0.465 e. The molecule has 0 N–H and O–H groups in total. The largest absolute Gasteiger partial charge is 0.465 e. The van der Waals surface area contributed by atoms with Crippen LogP contribution in [0.4, 0.5) is 13.2 Å². The molecule has 2 atom stereocenters. The zero-order valence-electron chi connectivity index (χ0n) is 10.3. The number of halogens is 3. The third-order valence-corrected chi connectivity index (χ3v) is 3.70.